The molecule has 140 valence electrons. The van der Waals surface area contributed by atoms with E-state index < -0.39 is 6.10 Å². The summed E-state index contributed by atoms with van der Waals surface area (Å²) in [5.41, 5.74) is 1.11. The molecule has 2 rings (SSSR count). The van der Waals surface area contributed by atoms with Crippen LogP contribution >= 0.6 is 0 Å². The van der Waals surface area contributed by atoms with Gasteiger partial charge in [-0.15, -0.1) is 6.58 Å². The summed E-state index contributed by atoms with van der Waals surface area (Å²) in [7, 11) is 1.61. The molecule has 0 radical (unpaired) electrons. The molecule has 1 aliphatic rings. The highest BCUT2D eigenvalue weighted by molar-refractivity contribution is 5.43. The zero-order valence-corrected chi connectivity index (χ0v) is 15.1. The smallest absolute Gasteiger partial charge is 0.161 e. The highest BCUT2D eigenvalue weighted by Gasteiger charge is 2.19. The molecule has 1 aromatic rings. The highest BCUT2D eigenvalue weighted by Crippen LogP contribution is 2.28. The van der Waals surface area contributed by atoms with Crippen molar-refractivity contribution >= 4 is 0 Å². The molecule has 1 heterocycles. The van der Waals surface area contributed by atoms with Crippen molar-refractivity contribution < 1.29 is 19.7 Å². The fourth-order valence-electron chi connectivity index (χ4n) is 3.00. The third-order valence-electron chi connectivity index (χ3n) is 4.39. The molecule has 1 atom stereocenters. The summed E-state index contributed by atoms with van der Waals surface area (Å²) >= 11 is 0. The lowest BCUT2D eigenvalue weighted by Crippen LogP contribution is -2.49. The van der Waals surface area contributed by atoms with E-state index in [9.17, 15) is 5.11 Å². The number of aliphatic hydroxyl groups is 2. The van der Waals surface area contributed by atoms with E-state index in [0.717, 1.165) is 44.7 Å². The quantitative estimate of drug-likeness (QED) is 0.608. The number of piperazine rings is 1. The Morgan fingerprint density at radius 3 is 2.56 bits per heavy atom. The van der Waals surface area contributed by atoms with Crippen LogP contribution < -0.4 is 9.47 Å². The van der Waals surface area contributed by atoms with Crippen molar-refractivity contribution in [1.82, 2.24) is 9.80 Å². The van der Waals surface area contributed by atoms with Gasteiger partial charge in [-0.1, -0.05) is 12.1 Å². The third kappa shape index (κ3) is 6.32. The fraction of sp³-hybridized carbons (Fsp3) is 0.579. The van der Waals surface area contributed by atoms with Gasteiger partial charge in [0.2, 0.25) is 0 Å². The molecule has 25 heavy (non-hydrogen) atoms. The van der Waals surface area contributed by atoms with Gasteiger partial charge in [0, 0.05) is 39.3 Å². The lowest BCUT2D eigenvalue weighted by molar-refractivity contribution is 0.0423. The first-order valence-corrected chi connectivity index (χ1v) is 8.80. The zero-order valence-electron chi connectivity index (χ0n) is 15.1. The van der Waals surface area contributed by atoms with E-state index >= 15 is 0 Å². The van der Waals surface area contributed by atoms with Gasteiger partial charge in [-0.3, -0.25) is 9.80 Å². The largest absolute Gasteiger partial charge is 0.493 e. The molecule has 0 spiro atoms. The molecule has 1 saturated heterocycles. The molecular formula is C19H30N2O4. The Morgan fingerprint density at radius 2 is 1.92 bits per heavy atom. The van der Waals surface area contributed by atoms with Crippen LogP contribution in [0.3, 0.4) is 0 Å². The summed E-state index contributed by atoms with van der Waals surface area (Å²) in [5.74, 6) is 1.31. The fourth-order valence-corrected chi connectivity index (χ4v) is 3.00. The zero-order chi connectivity index (χ0) is 18.1. The van der Waals surface area contributed by atoms with Crippen molar-refractivity contribution in [2.75, 3.05) is 59.6 Å². The van der Waals surface area contributed by atoms with Crippen molar-refractivity contribution in [3.63, 3.8) is 0 Å². The average molecular weight is 350 g/mol. The van der Waals surface area contributed by atoms with Gasteiger partial charge < -0.3 is 19.7 Å². The van der Waals surface area contributed by atoms with E-state index in [2.05, 4.69) is 16.4 Å². The lowest BCUT2D eigenvalue weighted by Gasteiger charge is -2.35. The maximum atomic E-state index is 10.3. The highest BCUT2D eigenvalue weighted by atomic mass is 16.5. The van der Waals surface area contributed by atoms with Crippen LogP contribution in [0.4, 0.5) is 0 Å². The molecule has 6 nitrogen and oxygen atoms in total. The first-order valence-electron chi connectivity index (χ1n) is 8.80. The van der Waals surface area contributed by atoms with E-state index in [1.807, 2.05) is 24.3 Å². The van der Waals surface area contributed by atoms with Gasteiger partial charge in [0.15, 0.2) is 11.5 Å². The van der Waals surface area contributed by atoms with Crippen LogP contribution in [0.2, 0.25) is 0 Å². The minimum Gasteiger partial charge on any atom is -0.493 e. The minimum absolute atomic E-state index is 0.198. The van der Waals surface area contributed by atoms with Gasteiger partial charge >= 0.3 is 0 Å². The molecule has 1 aliphatic heterocycles. The van der Waals surface area contributed by atoms with E-state index in [1.165, 1.54) is 0 Å². The summed E-state index contributed by atoms with van der Waals surface area (Å²) in [6.45, 7) is 9.12. The molecule has 0 aliphatic carbocycles. The summed E-state index contributed by atoms with van der Waals surface area (Å²) in [5, 5.41) is 19.2. The molecule has 1 fully saturated rings. The Hall–Kier alpha value is -1.60. The molecule has 6 heteroatoms. The lowest BCUT2D eigenvalue weighted by atomic mass is 10.1. The number of ether oxygens (including phenoxy) is 2. The number of nitrogens with zero attached hydrogens (tertiary/aromatic N) is 2. The van der Waals surface area contributed by atoms with Gasteiger partial charge in [0.25, 0.3) is 0 Å². The second-order valence-corrected chi connectivity index (χ2v) is 6.31. The van der Waals surface area contributed by atoms with E-state index in [4.69, 9.17) is 14.6 Å². The predicted molar refractivity (Wildman–Crippen MR) is 98.4 cm³/mol. The number of aliphatic hydroxyl groups excluding tert-OH is 2. The molecule has 2 N–H and O–H groups in total. The number of allylic oxidation sites excluding steroid dienone is 1. The Bertz CT molecular complexity index is 530. The number of β-amino-alcohol motifs (C(OH)–C–C–N with tert-alkyl or cyclic N) is 2. The number of methoxy groups -OCH3 is 1. The van der Waals surface area contributed by atoms with Crippen LogP contribution in [0, 0.1) is 0 Å². The summed E-state index contributed by atoms with van der Waals surface area (Å²) in [6.07, 6.45) is 2.07. The van der Waals surface area contributed by atoms with Crippen LogP contribution in [0.25, 0.3) is 0 Å². The standard InChI is InChI=1S/C19H30N2O4/c1-3-4-16-5-6-18(19(13-16)24-2)25-15-17(23)14-21-9-7-20(8-10-21)11-12-22/h3,5-6,13,17,22-23H,1,4,7-12,14-15H2,2H3/t17-/m0/s1. The van der Waals surface area contributed by atoms with Crippen molar-refractivity contribution in [2.45, 2.75) is 12.5 Å². The van der Waals surface area contributed by atoms with Crippen molar-refractivity contribution in [3.8, 4) is 11.5 Å². The van der Waals surface area contributed by atoms with Crippen LogP contribution in [0.1, 0.15) is 5.56 Å². The van der Waals surface area contributed by atoms with Crippen LogP contribution in [0.15, 0.2) is 30.9 Å². The van der Waals surface area contributed by atoms with Crippen LogP contribution in [-0.2, 0) is 6.42 Å². The van der Waals surface area contributed by atoms with E-state index in [1.54, 1.807) is 7.11 Å². The van der Waals surface area contributed by atoms with Crippen LogP contribution in [0.5, 0.6) is 11.5 Å². The van der Waals surface area contributed by atoms with Crippen molar-refractivity contribution in [3.05, 3.63) is 36.4 Å². The number of hydrogen-bond acceptors (Lipinski definition) is 6. The van der Waals surface area contributed by atoms with Crippen molar-refractivity contribution in [1.29, 1.82) is 0 Å². The third-order valence-corrected chi connectivity index (χ3v) is 4.39. The topological polar surface area (TPSA) is 65.4 Å². The first kappa shape index (κ1) is 19.7. The summed E-state index contributed by atoms with van der Waals surface area (Å²) in [6, 6.07) is 5.79. The van der Waals surface area contributed by atoms with Gasteiger partial charge in [-0.05, 0) is 24.1 Å². The number of rotatable bonds is 10. The maximum absolute atomic E-state index is 10.3. The molecule has 1 aromatic carbocycles. The van der Waals surface area contributed by atoms with Crippen molar-refractivity contribution in [2.24, 2.45) is 0 Å². The van der Waals surface area contributed by atoms with Crippen LogP contribution in [-0.4, -0.2) is 85.7 Å². The SMILES string of the molecule is C=CCc1ccc(OC[C@@H](O)CN2CCN(CCO)CC2)c(OC)c1. The molecule has 0 saturated carbocycles. The molecular weight excluding hydrogens is 320 g/mol. The number of hydrogen-bond donors (Lipinski definition) is 2. The molecule has 0 unspecified atom stereocenters. The Labute approximate surface area is 150 Å². The molecule has 0 amide bonds. The monoisotopic (exact) mass is 350 g/mol. The van der Waals surface area contributed by atoms with E-state index in [-0.39, 0.29) is 13.2 Å². The van der Waals surface area contributed by atoms with Gasteiger partial charge in [0.05, 0.1) is 13.7 Å². The number of benzene rings is 1. The Morgan fingerprint density at radius 1 is 1.20 bits per heavy atom. The summed E-state index contributed by atoms with van der Waals surface area (Å²) in [4.78, 5) is 4.46. The predicted octanol–water partition coefficient (Wildman–Crippen LogP) is 0.773. The minimum atomic E-state index is -0.554. The second kappa shape index (κ2) is 10.4. The Kier molecular flexibility index (Phi) is 8.21. The van der Waals surface area contributed by atoms with Gasteiger partial charge in [-0.2, -0.15) is 0 Å². The van der Waals surface area contributed by atoms with Gasteiger partial charge in [0.1, 0.15) is 12.7 Å². The normalized spacial score (nSPS) is 17.2. The maximum Gasteiger partial charge on any atom is 0.161 e. The molecule has 0 aromatic heterocycles. The first-order chi connectivity index (χ1) is 12.2. The van der Waals surface area contributed by atoms with E-state index in [0.29, 0.717) is 18.0 Å². The molecule has 0 bridgehead atoms. The average Bonchev–Trinajstić information content (AvgIpc) is 2.62. The second-order valence-electron chi connectivity index (χ2n) is 6.31. The van der Waals surface area contributed by atoms with Gasteiger partial charge in [-0.25, -0.2) is 0 Å². The summed E-state index contributed by atoms with van der Waals surface area (Å²) < 4.78 is 11.1. The Balaban J connectivity index is 1.78.